The van der Waals surface area contributed by atoms with Gasteiger partial charge >= 0.3 is 0 Å². The maximum Gasteiger partial charge on any atom is 0.261 e. The quantitative estimate of drug-likeness (QED) is 0.880. The Kier molecular flexibility index (Phi) is 4.09. The van der Waals surface area contributed by atoms with Gasteiger partial charge in [0.1, 0.15) is 6.17 Å². The second-order valence-electron chi connectivity index (χ2n) is 4.77. The van der Waals surface area contributed by atoms with E-state index in [2.05, 4.69) is 20.8 Å². The molecular formula is C12H15FN6OS. The van der Waals surface area contributed by atoms with Gasteiger partial charge in [0.2, 0.25) is 5.95 Å². The molecule has 0 bridgehead atoms. The summed E-state index contributed by atoms with van der Waals surface area (Å²) in [5, 5.41) is 16.1. The summed E-state index contributed by atoms with van der Waals surface area (Å²) in [6.45, 7) is 1.81. The van der Waals surface area contributed by atoms with E-state index in [0.717, 1.165) is 0 Å². The van der Waals surface area contributed by atoms with Gasteiger partial charge in [-0.05, 0) is 28.3 Å². The zero-order valence-corrected chi connectivity index (χ0v) is 12.1. The lowest BCUT2D eigenvalue weighted by atomic mass is 10.3. The molecule has 1 atom stereocenters. The minimum Gasteiger partial charge on any atom is -0.349 e. The summed E-state index contributed by atoms with van der Waals surface area (Å²) in [6.07, 6.45) is -0.323. The lowest BCUT2D eigenvalue weighted by molar-refractivity contribution is 0.0956. The van der Waals surface area contributed by atoms with Crippen molar-refractivity contribution in [3.05, 3.63) is 22.4 Å². The molecule has 0 saturated carbocycles. The second kappa shape index (κ2) is 6.17. The SMILES string of the molecule is O=C(NCCn1nnnc1N1CC[C@H](F)C1)c1cccs1. The van der Waals surface area contributed by atoms with Crippen LogP contribution in [0.15, 0.2) is 17.5 Å². The van der Waals surface area contributed by atoms with Gasteiger partial charge in [-0.3, -0.25) is 4.79 Å². The number of rotatable bonds is 5. The molecule has 0 spiro atoms. The van der Waals surface area contributed by atoms with E-state index in [9.17, 15) is 9.18 Å². The third-order valence-electron chi connectivity index (χ3n) is 3.28. The molecule has 0 radical (unpaired) electrons. The molecule has 1 fully saturated rings. The third-order valence-corrected chi connectivity index (χ3v) is 4.15. The molecule has 21 heavy (non-hydrogen) atoms. The van der Waals surface area contributed by atoms with E-state index in [0.29, 0.717) is 43.4 Å². The van der Waals surface area contributed by atoms with Crippen LogP contribution >= 0.6 is 11.3 Å². The first-order valence-corrected chi connectivity index (χ1v) is 7.59. The number of anilines is 1. The Morgan fingerprint density at radius 2 is 2.48 bits per heavy atom. The summed E-state index contributed by atoms with van der Waals surface area (Å²) in [5.41, 5.74) is 0. The summed E-state index contributed by atoms with van der Waals surface area (Å²) in [7, 11) is 0. The maximum atomic E-state index is 13.2. The van der Waals surface area contributed by atoms with Crippen LogP contribution in [-0.4, -0.2) is 51.9 Å². The number of aromatic nitrogens is 4. The number of hydrogen-bond acceptors (Lipinski definition) is 6. The van der Waals surface area contributed by atoms with Gasteiger partial charge in [0.15, 0.2) is 0 Å². The third kappa shape index (κ3) is 3.18. The lowest BCUT2D eigenvalue weighted by Gasteiger charge is -2.15. The topological polar surface area (TPSA) is 75.9 Å². The van der Waals surface area contributed by atoms with E-state index in [-0.39, 0.29) is 5.91 Å². The van der Waals surface area contributed by atoms with Gasteiger partial charge in [0.25, 0.3) is 5.91 Å². The van der Waals surface area contributed by atoms with Crippen LogP contribution in [0.5, 0.6) is 0 Å². The molecule has 1 aliphatic heterocycles. The number of nitrogens with one attached hydrogen (secondary N) is 1. The van der Waals surface area contributed by atoms with Crippen molar-refractivity contribution in [3.8, 4) is 0 Å². The summed E-state index contributed by atoms with van der Waals surface area (Å²) in [6, 6.07) is 3.61. The number of amides is 1. The molecule has 112 valence electrons. The Labute approximate surface area is 124 Å². The van der Waals surface area contributed by atoms with Gasteiger partial charge in [-0.25, -0.2) is 9.07 Å². The lowest BCUT2D eigenvalue weighted by Crippen LogP contribution is -2.29. The normalized spacial score (nSPS) is 18.1. The average Bonchev–Trinajstić information content (AvgIpc) is 3.19. The highest BCUT2D eigenvalue weighted by molar-refractivity contribution is 7.12. The molecule has 1 saturated heterocycles. The van der Waals surface area contributed by atoms with Gasteiger partial charge in [0, 0.05) is 13.1 Å². The molecule has 7 nitrogen and oxygen atoms in total. The van der Waals surface area contributed by atoms with Crippen molar-refractivity contribution >= 4 is 23.2 Å². The fourth-order valence-corrected chi connectivity index (χ4v) is 2.88. The average molecular weight is 310 g/mol. The second-order valence-corrected chi connectivity index (χ2v) is 5.71. The smallest absolute Gasteiger partial charge is 0.261 e. The molecule has 3 heterocycles. The number of carbonyl (C=O) groups is 1. The molecule has 0 aromatic carbocycles. The van der Waals surface area contributed by atoms with Crippen LogP contribution in [0, 0.1) is 0 Å². The minimum atomic E-state index is -0.825. The van der Waals surface area contributed by atoms with Crippen molar-refractivity contribution in [2.45, 2.75) is 19.1 Å². The fourth-order valence-electron chi connectivity index (χ4n) is 2.24. The van der Waals surface area contributed by atoms with E-state index in [1.54, 1.807) is 10.7 Å². The molecule has 1 aliphatic rings. The molecule has 3 rings (SSSR count). The predicted octanol–water partition coefficient (Wildman–Crippen LogP) is 0.713. The highest BCUT2D eigenvalue weighted by Gasteiger charge is 2.25. The van der Waals surface area contributed by atoms with Gasteiger partial charge in [-0.1, -0.05) is 11.2 Å². The van der Waals surface area contributed by atoms with Crippen LogP contribution in [0.3, 0.4) is 0 Å². The van der Waals surface area contributed by atoms with E-state index < -0.39 is 6.17 Å². The molecule has 0 aliphatic carbocycles. The van der Waals surface area contributed by atoms with Crippen LogP contribution in [0.25, 0.3) is 0 Å². The highest BCUT2D eigenvalue weighted by atomic mass is 32.1. The largest absolute Gasteiger partial charge is 0.349 e. The first-order valence-electron chi connectivity index (χ1n) is 6.71. The van der Waals surface area contributed by atoms with Crippen LogP contribution < -0.4 is 10.2 Å². The number of thiophene rings is 1. The summed E-state index contributed by atoms with van der Waals surface area (Å²) < 4.78 is 14.8. The van der Waals surface area contributed by atoms with Crippen molar-refractivity contribution < 1.29 is 9.18 Å². The molecule has 9 heteroatoms. The Morgan fingerprint density at radius 1 is 1.57 bits per heavy atom. The standard InChI is InChI=1S/C12H15FN6OS/c13-9-3-5-18(8-9)12-15-16-17-19(12)6-4-14-11(20)10-2-1-7-21-10/h1-2,7,9H,3-6,8H2,(H,14,20)/t9-/m0/s1. The van der Waals surface area contributed by atoms with Crippen molar-refractivity contribution in [1.82, 2.24) is 25.5 Å². The summed E-state index contributed by atoms with van der Waals surface area (Å²) in [5.74, 6) is 0.449. The van der Waals surface area contributed by atoms with E-state index >= 15 is 0 Å². The number of tetrazole rings is 1. The number of hydrogen-bond donors (Lipinski definition) is 1. The van der Waals surface area contributed by atoms with Crippen LogP contribution in [0.2, 0.25) is 0 Å². The van der Waals surface area contributed by atoms with Crippen molar-refractivity contribution in [2.24, 2.45) is 0 Å². The number of carbonyl (C=O) groups excluding carboxylic acids is 1. The van der Waals surface area contributed by atoms with Crippen molar-refractivity contribution in [1.29, 1.82) is 0 Å². The Hall–Kier alpha value is -2.03. The number of nitrogens with zero attached hydrogens (tertiary/aromatic N) is 5. The predicted molar refractivity (Wildman–Crippen MR) is 76.2 cm³/mol. The van der Waals surface area contributed by atoms with Crippen LogP contribution in [0.1, 0.15) is 16.1 Å². The summed E-state index contributed by atoms with van der Waals surface area (Å²) >= 11 is 1.39. The number of alkyl halides is 1. The van der Waals surface area contributed by atoms with Gasteiger partial charge < -0.3 is 10.2 Å². The zero-order chi connectivity index (χ0) is 14.7. The minimum absolute atomic E-state index is 0.107. The van der Waals surface area contributed by atoms with Crippen LogP contribution in [0.4, 0.5) is 10.3 Å². The molecular weight excluding hydrogens is 295 g/mol. The molecule has 1 amide bonds. The van der Waals surface area contributed by atoms with E-state index in [1.807, 2.05) is 16.3 Å². The summed E-state index contributed by atoms with van der Waals surface area (Å²) in [4.78, 5) is 14.3. The Balaban J connectivity index is 1.54. The Bertz CT molecular complexity index is 601. The van der Waals surface area contributed by atoms with Gasteiger partial charge in [-0.2, -0.15) is 0 Å². The van der Waals surface area contributed by atoms with Crippen LogP contribution in [-0.2, 0) is 6.54 Å². The monoisotopic (exact) mass is 310 g/mol. The first-order chi connectivity index (χ1) is 10.2. The molecule has 1 N–H and O–H groups in total. The Morgan fingerprint density at radius 3 is 3.19 bits per heavy atom. The zero-order valence-electron chi connectivity index (χ0n) is 11.3. The fraction of sp³-hybridized carbons (Fsp3) is 0.500. The molecule has 0 unspecified atom stereocenters. The molecule has 2 aromatic rings. The maximum absolute atomic E-state index is 13.2. The molecule has 2 aromatic heterocycles. The van der Waals surface area contributed by atoms with Crippen molar-refractivity contribution in [2.75, 3.05) is 24.5 Å². The first kappa shape index (κ1) is 13.9. The highest BCUT2D eigenvalue weighted by Crippen LogP contribution is 2.18. The van der Waals surface area contributed by atoms with E-state index in [1.165, 1.54) is 11.3 Å². The van der Waals surface area contributed by atoms with Crippen molar-refractivity contribution in [3.63, 3.8) is 0 Å². The van der Waals surface area contributed by atoms with Gasteiger partial charge in [-0.15, -0.1) is 11.3 Å². The number of halogens is 1. The van der Waals surface area contributed by atoms with Gasteiger partial charge in [0.05, 0.1) is 18.0 Å². The van der Waals surface area contributed by atoms with E-state index in [4.69, 9.17) is 0 Å².